The first-order chi connectivity index (χ1) is 10.1. The Morgan fingerprint density at radius 1 is 1.24 bits per heavy atom. The maximum Gasteiger partial charge on any atom is 0.157 e. The highest BCUT2D eigenvalue weighted by Gasteiger charge is 2.11. The van der Waals surface area contributed by atoms with E-state index in [0.29, 0.717) is 36.1 Å². The van der Waals surface area contributed by atoms with E-state index in [-0.39, 0.29) is 5.82 Å². The molecule has 0 aliphatic rings. The highest BCUT2D eigenvalue weighted by atomic mass is 79.9. The lowest BCUT2D eigenvalue weighted by Crippen LogP contribution is -2.06. The second-order valence-corrected chi connectivity index (χ2v) is 5.26. The van der Waals surface area contributed by atoms with Gasteiger partial charge in [0, 0.05) is 29.3 Å². The van der Waals surface area contributed by atoms with Crippen molar-refractivity contribution in [1.29, 1.82) is 0 Å². The molecule has 0 bridgehead atoms. The number of hydrogen-bond donors (Lipinski definition) is 1. The molecule has 0 aliphatic heterocycles. The van der Waals surface area contributed by atoms with Crippen molar-refractivity contribution in [3.05, 3.63) is 40.4 Å². The highest BCUT2D eigenvalue weighted by Crippen LogP contribution is 2.26. The van der Waals surface area contributed by atoms with Crippen LogP contribution in [0.4, 0.5) is 10.2 Å². The van der Waals surface area contributed by atoms with Crippen LogP contribution in [-0.2, 0) is 11.3 Å². The molecule has 0 atom stereocenters. The quantitative estimate of drug-likeness (QED) is 0.851. The van der Waals surface area contributed by atoms with Gasteiger partial charge in [-0.25, -0.2) is 14.4 Å². The maximum absolute atomic E-state index is 14.0. The predicted octanol–water partition coefficient (Wildman–Crippen LogP) is 4.01. The van der Waals surface area contributed by atoms with Crippen LogP contribution in [0.2, 0.25) is 0 Å². The van der Waals surface area contributed by atoms with Crippen molar-refractivity contribution in [3.8, 4) is 11.3 Å². The van der Waals surface area contributed by atoms with Crippen molar-refractivity contribution >= 4 is 21.7 Å². The number of anilines is 1. The van der Waals surface area contributed by atoms with Gasteiger partial charge in [-0.1, -0.05) is 15.9 Å². The molecule has 21 heavy (non-hydrogen) atoms. The van der Waals surface area contributed by atoms with Crippen LogP contribution in [0, 0.1) is 5.82 Å². The lowest BCUT2D eigenvalue weighted by atomic mass is 10.1. The third kappa shape index (κ3) is 4.22. The van der Waals surface area contributed by atoms with Crippen LogP contribution in [0.25, 0.3) is 11.3 Å². The smallest absolute Gasteiger partial charge is 0.157 e. The Morgan fingerprint density at radius 2 is 2.05 bits per heavy atom. The molecule has 1 aromatic heterocycles. The number of aromatic nitrogens is 2. The lowest BCUT2D eigenvalue weighted by molar-refractivity contribution is 0.128. The first-order valence-corrected chi connectivity index (χ1v) is 7.58. The number of benzene rings is 1. The summed E-state index contributed by atoms with van der Waals surface area (Å²) in [6.45, 7) is 5.49. The molecule has 0 spiro atoms. The molecular weight excluding hydrogens is 337 g/mol. The first kappa shape index (κ1) is 15.9. The molecule has 4 nitrogen and oxygen atoms in total. The van der Waals surface area contributed by atoms with Crippen molar-refractivity contribution in [2.45, 2.75) is 20.5 Å². The van der Waals surface area contributed by atoms with Gasteiger partial charge >= 0.3 is 0 Å². The molecule has 0 unspecified atom stereocenters. The van der Waals surface area contributed by atoms with Crippen LogP contribution in [0.1, 0.15) is 19.7 Å². The summed E-state index contributed by atoms with van der Waals surface area (Å²) in [4.78, 5) is 8.75. The molecule has 1 aromatic carbocycles. The molecule has 0 fully saturated rings. The van der Waals surface area contributed by atoms with E-state index in [2.05, 4.69) is 31.2 Å². The molecule has 6 heteroatoms. The zero-order valence-electron chi connectivity index (χ0n) is 12.0. The van der Waals surface area contributed by atoms with Gasteiger partial charge in [-0.05, 0) is 32.0 Å². The largest absolute Gasteiger partial charge is 0.374 e. The van der Waals surface area contributed by atoms with E-state index < -0.39 is 0 Å². The molecule has 1 N–H and O–H groups in total. The van der Waals surface area contributed by atoms with Gasteiger partial charge in [0.25, 0.3) is 0 Å². The van der Waals surface area contributed by atoms with Crippen LogP contribution in [0.15, 0.2) is 28.7 Å². The van der Waals surface area contributed by atoms with Gasteiger partial charge in [-0.2, -0.15) is 0 Å². The molecule has 2 aromatic rings. The molecule has 0 amide bonds. The van der Waals surface area contributed by atoms with Gasteiger partial charge in [0.1, 0.15) is 18.2 Å². The Hall–Kier alpha value is -1.53. The Kier molecular flexibility index (Phi) is 5.64. The van der Waals surface area contributed by atoms with E-state index in [1.54, 1.807) is 18.2 Å². The van der Waals surface area contributed by atoms with Gasteiger partial charge < -0.3 is 10.1 Å². The molecular formula is C15H17BrFN3O. The summed E-state index contributed by atoms with van der Waals surface area (Å²) in [5.41, 5.74) is 0.970. The summed E-state index contributed by atoms with van der Waals surface area (Å²) in [7, 11) is 0. The molecule has 0 saturated carbocycles. The molecule has 0 aliphatic carbocycles. The van der Waals surface area contributed by atoms with E-state index in [4.69, 9.17) is 4.74 Å². The van der Waals surface area contributed by atoms with Crippen LogP contribution in [-0.4, -0.2) is 23.1 Å². The molecule has 0 radical (unpaired) electrons. The number of rotatable bonds is 6. The third-order valence-electron chi connectivity index (χ3n) is 2.77. The standard InChI is InChI=1S/C15H17BrFN3O/c1-3-18-14-8-13(19-15(20-14)9-21-4-2)11-7-10(16)5-6-12(11)17/h5-8H,3-4,9H2,1-2H3,(H,18,19,20). The fraction of sp³-hybridized carbons (Fsp3) is 0.333. The zero-order chi connectivity index (χ0) is 15.2. The average molecular weight is 354 g/mol. The van der Waals surface area contributed by atoms with E-state index in [1.165, 1.54) is 6.07 Å². The second-order valence-electron chi connectivity index (χ2n) is 4.35. The summed E-state index contributed by atoms with van der Waals surface area (Å²) in [6, 6.07) is 6.52. The number of halogens is 2. The normalized spacial score (nSPS) is 10.7. The molecule has 1 heterocycles. The van der Waals surface area contributed by atoms with E-state index in [0.717, 1.165) is 11.0 Å². The summed E-state index contributed by atoms with van der Waals surface area (Å²) in [5, 5.41) is 3.13. The van der Waals surface area contributed by atoms with Gasteiger partial charge in [0.2, 0.25) is 0 Å². The number of nitrogens with one attached hydrogen (secondary N) is 1. The monoisotopic (exact) mass is 353 g/mol. The summed E-state index contributed by atoms with van der Waals surface area (Å²) < 4.78 is 20.2. The Balaban J connectivity index is 2.45. The highest BCUT2D eigenvalue weighted by molar-refractivity contribution is 9.10. The summed E-state index contributed by atoms with van der Waals surface area (Å²) in [5.74, 6) is 0.878. The van der Waals surface area contributed by atoms with E-state index >= 15 is 0 Å². The molecule has 0 saturated heterocycles. The molecule has 2 rings (SSSR count). The van der Waals surface area contributed by atoms with E-state index in [9.17, 15) is 4.39 Å². The Morgan fingerprint density at radius 3 is 2.76 bits per heavy atom. The van der Waals surface area contributed by atoms with Crippen molar-refractivity contribution in [2.75, 3.05) is 18.5 Å². The predicted molar refractivity (Wildman–Crippen MR) is 84.6 cm³/mol. The third-order valence-corrected chi connectivity index (χ3v) is 3.26. The maximum atomic E-state index is 14.0. The minimum atomic E-state index is -0.318. The van der Waals surface area contributed by atoms with Gasteiger partial charge in [-0.15, -0.1) is 0 Å². The number of ether oxygens (including phenoxy) is 1. The van der Waals surface area contributed by atoms with Crippen molar-refractivity contribution in [2.24, 2.45) is 0 Å². The Labute approximate surface area is 131 Å². The van der Waals surface area contributed by atoms with Gasteiger partial charge in [0.05, 0.1) is 5.69 Å². The van der Waals surface area contributed by atoms with Crippen LogP contribution < -0.4 is 5.32 Å². The topological polar surface area (TPSA) is 47.0 Å². The van der Waals surface area contributed by atoms with Crippen LogP contribution in [0.3, 0.4) is 0 Å². The fourth-order valence-corrected chi connectivity index (χ4v) is 2.22. The molecule has 112 valence electrons. The lowest BCUT2D eigenvalue weighted by Gasteiger charge is -2.10. The number of nitrogens with zero attached hydrogens (tertiary/aromatic N) is 2. The van der Waals surface area contributed by atoms with Crippen LogP contribution in [0.5, 0.6) is 0 Å². The summed E-state index contributed by atoms with van der Waals surface area (Å²) >= 11 is 3.35. The second kappa shape index (κ2) is 7.47. The van der Waals surface area contributed by atoms with Crippen molar-refractivity contribution in [3.63, 3.8) is 0 Å². The fourth-order valence-electron chi connectivity index (χ4n) is 1.86. The minimum absolute atomic E-state index is 0.304. The Bertz CT molecular complexity index is 622. The van der Waals surface area contributed by atoms with Crippen LogP contribution >= 0.6 is 15.9 Å². The average Bonchev–Trinajstić information content (AvgIpc) is 2.48. The van der Waals surface area contributed by atoms with Crippen molar-refractivity contribution < 1.29 is 9.13 Å². The van der Waals surface area contributed by atoms with Crippen molar-refractivity contribution in [1.82, 2.24) is 9.97 Å². The SMILES string of the molecule is CCNc1cc(-c2cc(Br)ccc2F)nc(COCC)n1. The first-order valence-electron chi connectivity index (χ1n) is 6.79. The number of hydrogen-bond acceptors (Lipinski definition) is 4. The van der Waals surface area contributed by atoms with E-state index in [1.807, 2.05) is 13.8 Å². The minimum Gasteiger partial charge on any atom is -0.374 e. The van der Waals surface area contributed by atoms with Gasteiger partial charge in [-0.3, -0.25) is 0 Å². The summed E-state index contributed by atoms with van der Waals surface area (Å²) in [6.07, 6.45) is 0. The zero-order valence-corrected chi connectivity index (χ0v) is 13.6. The van der Waals surface area contributed by atoms with Gasteiger partial charge in [0.15, 0.2) is 5.82 Å².